The van der Waals surface area contributed by atoms with Crippen molar-refractivity contribution >= 4 is 15.9 Å². The summed E-state index contributed by atoms with van der Waals surface area (Å²) in [5, 5.41) is 5.92. The molecule has 1 saturated heterocycles. The standard InChI is InChI=1S/C13H27N3O4S/c1-3-10-21(18,19)16-7-4-12(5-8-16)15-13(17)11-14-6-9-20-2/h12,14H,3-11H2,1-2H3,(H,15,17). The van der Waals surface area contributed by atoms with Crippen LogP contribution in [0.5, 0.6) is 0 Å². The van der Waals surface area contributed by atoms with E-state index in [9.17, 15) is 13.2 Å². The van der Waals surface area contributed by atoms with E-state index in [1.807, 2.05) is 6.92 Å². The highest BCUT2D eigenvalue weighted by Crippen LogP contribution is 2.14. The fourth-order valence-electron chi connectivity index (χ4n) is 2.32. The van der Waals surface area contributed by atoms with Crippen LogP contribution < -0.4 is 10.6 Å². The van der Waals surface area contributed by atoms with Crippen molar-refractivity contribution in [2.24, 2.45) is 0 Å². The van der Waals surface area contributed by atoms with E-state index in [-0.39, 0.29) is 24.2 Å². The molecule has 1 aliphatic rings. The molecule has 124 valence electrons. The van der Waals surface area contributed by atoms with E-state index in [1.54, 1.807) is 7.11 Å². The summed E-state index contributed by atoms with van der Waals surface area (Å²) in [5.74, 6) is 0.147. The molecule has 0 radical (unpaired) electrons. The number of carbonyl (C=O) groups excluding carboxylic acids is 1. The number of piperidine rings is 1. The lowest BCUT2D eigenvalue weighted by molar-refractivity contribution is -0.121. The van der Waals surface area contributed by atoms with E-state index in [0.717, 1.165) is 0 Å². The first-order chi connectivity index (χ1) is 9.99. The maximum absolute atomic E-state index is 11.9. The number of methoxy groups -OCH3 is 1. The maximum Gasteiger partial charge on any atom is 0.234 e. The summed E-state index contributed by atoms with van der Waals surface area (Å²) < 4.78 is 30.3. The van der Waals surface area contributed by atoms with Gasteiger partial charge in [-0.2, -0.15) is 0 Å². The molecule has 1 fully saturated rings. The molecule has 2 N–H and O–H groups in total. The minimum absolute atomic E-state index is 0.0547. The summed E-state index contributed by atoms with van der Waals surface area (Å²) in [4.78, 5) is 11.7. The van der Waals surface area contributed by atoms with Crippen molar-refractivity contribution in [2.45, 2.75) is 32.2 Å². The number of amides is 1. The Morgan fingerprint density at radius 2 is 2.00 bits per heavy atom. The number of hydrogen-bond donors (Lipinski definition) is 2. The lowest BCUT2D eigenvalue weighted by atomic mass is 10.1. The lowest BCUT2D eigenvalue weighted by Gasteiger charge is -2.31. The molecule has 0 spiro atoms. The topological polar surface area (TPSA) is 87.7 Å². The number of rotatable bonds is 9. The van der Waals surface area contributed by atoms with Crippen molar-refractivity contribution in [2.75, 3.05) is 45.6 Å². The van der Waals surface area contributed by atoms with Crippen LogP contribution in [-0.2, 0) is 19.6 Å². The van der Waals surface area contributed by atoms with Crippen LogP contribution in [0.25, 0.3) is 0 Å². The van der Waals surface area contributed by atoms with Crippen LogP contribution in [0.2, 0.25) is 0 Å². The summed E-state index contributed by atoms with van der Waals surface area (Å²) in [5.41, 5.74) is 0. The summed E-state index contributed by atoms with van der Waals surface area (Å²) in [6.45, 7) is 4.31. The molecule has 0 aliphatic carbocycles. The van der Waals surface area contributed by atoms with Gasteiger partial charge in [-0.25, -0.2) is 12.7 Å². The number of sulfonamides is 1. The summed E-state index contributed by atoms with van der Waals surface area (Å²) in [6.07, 6.45) is 1.98. The van der Waals surface area contributed by atoms with Gasteiger partial charge in [-0.15, -0.1) is 0 Å². The maximum atomic E-state index is 11.9. The van der Waals surface area contributed by atoms with E-state index in [1.165, 1.54) is 4.31 Å². The first kappa shape index (κ1) is 18.3. The first-order valence-corrected chi connectivity index (χ1v) is 9.07. The van der Waals surface area contributed by atoms with Crippen LogP contribution in [-0.4, -0.2) is 70.3 Å². The molecule has 0 atom stereocenters. The molecule has 1 aliphatic heterocycles. The Morgan fingerprint density at radius 3 is 2.57 bits per heavy atom. The van der Waals surface area contributed by atoms with Crippen LogP contribution in [0.15, 0.2) is 0 Å². The highest BCUT2D eigenvalue weighted by molar-refractivity contribution is 7.89. The van der Waals surface area contributed by atoms with Gasteiger partial charge in [0.2, 0.25) is 15.9 Å². The minimum atomic E-state index is -3.11. The van der Waals surface area contributed by atoms with Crippen molar-refractivity contribution in [1.82, 2.24) is 14.9 Å². The first-order valence-electron chi connectivity index (χ1n) is 7.46. The third-order valence-electron chi connectivity index (χ3n) is 3.44. The Hall–Kier alpha value is -0.700. The van der Waals surface area contributed by atoms with Gasteiger partial charge >= 0.3 is 0 Å². The molecular weight excluding hydrogens is 294 g/mol. The summed E-state index contributed by atoms with van der Waals surface area (Å²) in [6, 6.07) is 0.0646. The zero-order valence-electron chi connectivity index (χ0n) is 12.9. The van der Waals surface area contributed by atoms with Gasteiger partial charge in [0.25, 0.3) is 0 Å². The molecule has 0 bridgehead atoms. The normalized spacial score (nSPS) is 17.8. The van der Waals surface area contributed by atoms with Crippen molar-refractivity contribution in [3.05, 3.63) is 0 Å². The average Bonchev–Trinajstić information content (AvgIpc) is 2.44. The van der Waals surface area contributed by atoms with Crippen molar-refractivity contribution in [3.8, 4) is 0 Å². The molecule has 1 rings (SSSR count). The van der Waals surface area contributed by atoms with Gasteiger partial charge in [0, 0.05) is 32.8 Å². The fraction of sp³-hybridized carbons (Fsp3) is 0.923. The summed E-state index contributed by atoms with van der Waals surface area (Å²) >= 11 is 0. The largest absolute Gasteiger partial charge is 0.383 e. The van der Waals surface area contributed by atoms with Gasteiger partial charge in [0.15, 0.2) is 0 Å². The third kappa shape index (κ3) is 6.73. The Balaban J connectivity index is 2.25. The van der Waals surface area contributed by atoms with Gasteiger partial charge in [-0.3, -0.25) is 4.79 Å². The van der Waals surface area contributed by atoms with Gasteiger partial charge in [0.1, 0.15) is 0 Å². The number of ether oxygens (including phenoxy) is 1. The predicted molar refractivity (Wildman–Crippen MR) is 81.6 cm³/mol. The second-order valence-electron chi connectivity index (χ2n) is 5.23. The zero-order chi connectivity index (χ0) is 15.7. The Labute approximate surface area is 127 Å². The molecule has 7 nitrogen and oxygen atoms in total. The average molecular weight is 321 g/mol. The van der Waals surface area contributed by atoms with E-state index in [2.05, 4.69) is 10.6 Å². The van der Waals surface area contributed by atoms with Crippen LogP contribution in [0.1, 0.15) is 26.2 Å². The highest BCUT2D eigenvalue weighted by Gasteiger charge is 2.27. The third-order valence-corrected chi connectivity index (χ3v) is 5.52. The Bertz CT molecular complexity index is 406. The van der Waals surface area contributed by atoms with Crippen LogP contribution in [0.3, 0.4) is 0 Å². The molecule has 0 aromatic heterocycles. The van der Waals surface area contributed by atoms with Crippen molar-refractivity contribution in [1.29, 1.82) is 0 Å². The molecule has 8 heteroatoms. The lowest BCUT2D eigenvalue weighted by Crippen LogP contribution is -2.48. The quantitative estimate of drug-likeness (QED) is 0.561. The number of nitrogens with one attached hydrogen (secondary N) is 2. The van der Waals surface area contributed by atoms with Crippen LogP contribution in [0.4, 0.5) is 0 Å². The molecule has 0 saturated carbocycles. The summed E-state index contributed by atoms with van der Waals surface area (Å²) in [7, 11) is -1.50. The van der Waals surface area contributed by atoms with Crippen LogP contribution >= 0.6 is 0 Å². The van der Waals surface area contributed by atoms with Crippen molar-refractivity contribution < 1.29 is 17.9 Å². The minimum Gasteiger partial charge on any atom is -0.383 e. The number of hydrogen-bond acceptors (Lipinski definition) is 5. The van der Waals surface area contributed by atoms with Gasteiger partial charge in [0.05, 0.1) is 18.9 Å². The molecule has 0 aromatic carbocycles. The zero-order valence-corrected chi connectivity index (χ0v) is 13.7. The monoisotopic (exact) mass is 321 g/mol. The smallest absolute Gasteiger partial charge is 0.234 e. The second kappa shape index (κ2) is 9.34. The number of nitrogens with zero attached hydrogens (tertiary/aromatic N) is 1. The SMILES string of the molecule is CCCS(=O)(=O)N1CCC(NC(=O)CNCCOC)CC1. The van der Waals surface area contributed by atoms with E-state index < -0.39 is 10.0 Å². The van der Waals surface area contributed by atoms with E-state index in [0.29, 0.717) is 45.5 Å². The van der Waals surface area contributed by atoms with Gasteiger partial charge < -0.3 is 15.4 Å². The predicted octanol–water partition coefficient (Wildman–Crippen LogP) is -0.457. The number of carbonyl (C=O) groups is 1. The van der Waals surface area contributed by atoms with Crippen molar-refractivity contribution in [3.63, 3.8) is 0 Å². The van der Waals surface area contributed by atoms with Gasteiger partial charge in [-0.05, 0) is 19.3 Å². The molecule has 0 unspecified atom stereocenters. The molecular formula is C13H27N3O4S. The molecule has 0 aromatic rings. The van der Waals surface area contributed by atoms with Crippen LogP contribution in [0, 0.1) is 0 Å². The highest BCUT2D eigenvalue weighted by atomic mass is 32.2. The molecule has 1 heterocycles. The second-order valence-corrected chi connectivity index (χ2v) is 7.31. The fourth-order valence-corrected chi connectivity index (χ4v) is 3.86. The molecule has 21 heavy (non-hydrogen) atoms. The van der Waals surface area contributed by atoms with Gasteiger partial charge in [-0.1, -0.05) is 6.92 Å². The van der Waals surface area contributed by atoms with E-state index >= 15 is 0 Å². The Morgan fingerprint density at radius 1 is 1.33 bits per heavy atom. The molecule has 1 amide bonds. The van der Waals surface area contributed by atoms with E-state index in [4.69, 9.17) is 4.74 Å². The Kier molecular flexibility index (Phi) is 8.16.